The number of carbonyl (C=O) groups is 1. The average Bonchev–Trinajstić information content (AvgIpc) is 2.65. The fourth-order valence-electron chi connectivity index (χ4n) is 1.82. The molecular formula is C14H18BrN3O2. The molecule has 0 aromatic heterocycles. The van der Waals surface area contributed by atoms with Crippen molar-refractivity contribution in [2.24, 2.45) is 10.5 Å². The van der Waals surface area contributed by atoms with Gasteiger partial charge in [-0.2, -0.15) is 0 Å². The Morgan fingerprint density at radius 2 is 1.95 bits per heavy atom. The molecule has 1 aromatic rings. The van der Waals surface area contributed by atoms with Gasteiger partial charge in [0.1, 0.15) is 0 Å². The summed E-state index contributed by atoms with van der Waals surface area (Å²) in [5, 5.41) is 6.28. The highest BCUT2D eigenvalue weighted by atomic mass is 79.9. The van der Waals surface area contributed by atoms with E-state index in [0.29, 0.717) is 12.4 Å². The van der Waals surface area contributed by atoms with Gasteiger partial charge in [0.2, 0.25) is 5.90 Å². The largest absolute Gasteiger partial charge is 0.415 e. The fraction of sp³-hybridized carbons (Fsp3) is 0.429. The Morgan fingerprint density at radius 1 is 1.35 bits per heavy atom. The van der Waals surface area contributed by atoms with Crippen molar-refractivity contribution in [2.45, 2.75) is 13.8 Å². The number of hydrogen-bond donors (Lipinski definition) is 0. The van der Waals surface area contributed by atoms with Gasteiger partial charge in [0.15, 0.2) is 0 Å². The van der Waals surface area contributed by atoms with Crippen LogP contribution in [0.5, 0.6) is 0 Å². The lowest BCUT2D eigenvalue weighted by Gasteiger charge is -2.21. The number of nitrogens with zero attached hydrogens (tertiary/aromatic N) is 3. The molecule has 0 saturated heterocycles. The average molecular weight is 340 g/mol. The number of benzene rings is 1. The van der Waals surface area contributed by atoms with E-state index in [1.807, 2.05) is 43.1 Å². The quantitative estimate of drug-likeness (QED) is 0.788. The minimum atomic E-state index is -0.408. The molecule has 6 heteroatoms. The minimum Gasteiger partial charge on any atom is -0.393 e. The summed E-state index contributed by atoms with van der Waals surface area (Å²) < 4.78 is 6.37. The molecule has 5 nitrogen and oxygen atoms in total. The first-order valence-corrected chi connectivity index (χ1v) is 7.10. The highest BCUT2D eigenvalue weighted by Crippen LogP contribution is 2.31. The monoisotopic (exact) mass is 339 g/mol. The zero-order chi connectivity index (χ0) is 14.9. The molecule has 1 aliphatic rings. The van der Waals surface area contributed by atoms with Gasteiger partial charge >= 0.3 is 6.09 Å². The Labute approximate surface area is 127 Å². The first-order valence-electron chi connectivity index (χ1n) is 6.31. The third-order valence-electron chi connectivity index (χ3n) is 3.01. The predicted octanol–water partition coefficient (Wildman–Crippen LogP) is 3.31. The first kappa shape index (κ1) is 14.8. The molecule has 0 atom stereocenters. The molecule has 108 valence electrons. The summed E-state index contributed by atoms with van der Waals surface area (Å²) in [7, 11) is 3.30. The van der Waals surface area contributed by atoms with Crippen LogP contribution in [0.3, 0.4) is 0 Å². The number of anilines is 1. The van der Waals surface area contributed by atoms with Crippen LogP contribution < -0.4 is 5.01 Å². The van der Waals surface area contributed by atoms with Gasteiger partial charge in [-0.15, -0.1) is 5.10 Å². The van der Waals surface area contributed by atoms with Gasteiger partial charge in [-0.1, -0.05) is 15.9 Å². The van der Waals surface area contributed by atoms with E-state index in [9.17, 15) is 4.79 Å². The Morgan fingerprint density at radius 3 is 2.50 bits per heavy atom. The van der Waals surface area contributed by atoms with E-state index in [-0.39, 0.29) is 5.41 Å². The molecule has 0 aliphatic carbocycles. The van der Waals surface area contributed by atoms with Crippen LogP contribution in [0.4, 0.5) is 10.5 Å². The molecule has 1 aromatic carbocycles. The molecule has 0 saturated carbocycles. The van der Waals surface area contributed by atoms with E-state index >= 15 is 0 Å². The van der Waals surface area contributed by atoms with Crippen LogP contribution in [0, 0.1) is 5.41 Å². The van der Waals surface area contributed by atoms with Crippen molar-refractivity contribution < 1.29 is 9.53 Å². The SMILES string of the molecule is CN(C)C(=O)OC1=NN(c2ccc(Br)cc2)CC1(C)C. The van der Waals surface area contributed by atoms with Gasteiger partial charge in [0.05, 0.1) is 17.6 Å². The minimum absolute atomic E-state index is 0.307. The zero-order valence-corrected chi connectivity index (χ0v) is 13.6. The Kier molecular flexibility index (Phi) is 4.04. The van der Waals surface area contributed by atoms with Crippen molar-refractivity contribution in [1.82, 2.24) is 4.90 Å². The fourth-order valence-corrected chi connectivity index (χ4v) is 2.08. The van der Waals surface area contributed by atoms with Gasteiger partial charge in [0.25, 0.3) is 0 Å². The van der Waals surface area contributed by atoms with Crippen LogP contribution in [-0.4, -0.2) is 37.5 Å². The highest BCUT2D eigenvalue weighted by Gasteiger charge is 2.38. The van der Waals surface area contributed by atoms with Crippen molar-refractivity contribution in [2.75, 3.05) is 25.6 Å². The van der Waals surface area contributed by atoms with Crippen molar-refractivity contribution >= 4 is 33.6 Å². The van der Waals surface area contributed by atoms with E-state index in [4.69, 9.17) is 4.74 Å². The van der Waals surface area contributed by atoms with Crippen molar-refractivity contribution in [3.63, 3.8) is 0 Å². The molecular weight excluding hydrogens is 322 g/mol. The summed E-state index contributed by atoms with van der Waals surface area (Å²) in [5.74, 6) is 0.444. The van der Waals surface area contributed by atoms with Crippen molar-refractivity contribution in [3.8, 4) is 0 Å². The second-order valence-electron chi connectivity index (χ2n) is 5.59. The molecule has 0 fully saturated rings. The molecule has 1 aliphatic heterocycles. The van der Waals surface area contributed by atoms with Gasteiger partial charge in [-0.25, -0.2) is 4.79 Å². The molecule has 1 amide bonds. The predicted molar refractivity (Wildman–Crippen MR) is 82.9 cm³/mol. The standard InChI is InChI=1S/C14H18BrN3O2/c1-14(2)9-18(11-7-5-10(15)6-8-11)16-12(14)20-13(19)17(3)4/h5-8H,9H2,1-4H3. The number of hydrogen-bond acceptors (Lipinski definition) is 4. The van der Waals surface area contributed by atoms with Crippen LogP contribution in [0.25, 0.3) is 0 Å². The molecule has 0 N–H and O–H groups in total. The second-order valence-corrected chi connectivity index (χ2v) is 6.50. The summed E-state index contributed by atoms with van der Waals surface area (Å²) in [6, 6.07) is 7.87. The third-order valence-corrected chi connectivity index (χ3v) is 3.54. The molecule has 0 radical (unpaired) electrons. The maximum Gasteiger partial charge on any atom is 0.415 e. The van der Waals surface area contributed by atoms with Crippen LogP contribution in [0.15, 0.2) is 33.8 Å². The van der Waals surface area contributed by atoms with E-state index in [1.165, 1.54) is 4.90 Å². The van der Waals surface area contributed by atoms with Crippen LogP contribution in [0.1, 0.15) is 13.8 Å². The first-order chi connectivity index (χ1) is 9.29. The number of amides is 1. The number of ether oxygens (including phenoxy) is 1. The maximum atomic E-state index is 11.7. The Balaban J connectivity index is 2.20. The smallest absolute Gasteiger partial charge is 0.393 e. The number of hydrazone groups is 1. The lowest BCUT2D eigenvalue weighted by atomic mass is 9.94. The summed E-state index contributed by atoms with van der Waals surface area (Å²) in [6.45, 7) is 4.69. The summed E-state index contributed by atoms with van der Waals surface area (Å²) in [5.41, 5.74) is 0.663. The summed E-state index contributed by atoms with van der Waals surface area (Å²) in [6.07, 6.45) is -0.408. The van der Waals surface area contributed by atoms with E-state index in [2.05, 4.69) is 21.0 Å². The normalized spacial score (nSPS) is 16.9. The topological polar surface area (TPSA) is 45.1 Å². The van der Waals surface area contributed by atoms with Gasteiger partial charge in [0, 0.05) is 18.6 Å². The van der Waals surface area contributed by atoms with Crippen LogP contribution in [0.2, 0.25) is 0 Å². The van der Waals surface area contributed by atoms with E-state index in [1.54, 1.807) is 14.1 Å². The Bertz CT molecular complexity index is 538. The summed E-state index contributed by atoms with van der Waals surface area (Å²) >= 11 is 3.41. The molecule has 2 rings (SSSR count). The van der Waals surface area contributed by atoms with Crippen molar-refractivity contribution in [3.05, 3.63) is 28.7 Å². The van der Waals surface area contributed by atoms with Crippen molar-refractivity contribution in [1.29, 1.82) is 0 Å². The number of halogens is 1. The molecule has 0 bridgehead atoms. The Hall–Kier alpha value is -1.56. The zero-order valence-electron chi connectivity index (χ0n) is 12.1. The van der Waals surface area contributed by atoms with E-state index in [0.717, 1.165) is 10.2 Å². The molecule has 0 spiro atoms. The lowest BCUT2D eigenvalue weighted by Crippen LogP contribution is -2.33. The van der Waals surface area contributed by atoms with Gasteiger partial charge in [-0.3, -0.25) is 5.01 Å². The third kappa shape index (κ3) is 3.12. The lowest BCUT2D eigenvalue weighted by molar-refractivity contribution is 0.163. The summed E-state index contributed by atoms with van der Waals surface area (Å²) in [4.78, 5) is 13.1. The van der Waals surface area contributed by atoms with Crippen LogP contribution in [-0.2, 0) is 4.74 Å². The number of rotatable bonds is 1. The molecule has 0 unspecified atom stereocenters. The molecule has 1 heterocycles. The van der Waals surface area contributed by atoms with Crippen LogP contribution >= 0.6 is 15.9 Å². The highest BCUT2D eigenvalue weighted by molar-refractivity contribution is 9.10. The maximum absolute atomic E-state index is 11.7. The van der Waals surface area contributed by atoms with Gasteiger partial charge in [-0.05, 0) is 38.1 Å². The van der Waals surface area contributed by atoms with Gasteiger partial charge < -0.3 is 9.64 Å². The second kappa shape index (κ2) is 5.44. The van der Waals surface area contributed by atoms with E-state index < -0.39 is 6.09 Å². The number of carbonyl (C=O) groups excluding carboxylic acids is 1. The molecule has 20 heavy (non-hydrogen) atoms.